The third-order valence-corrected chi connectivity index (χ3v) is 4.49. The third-order valence-electron chi connectivity index (χ3n) is 4.49. The topological polar surface area (TPSA) is 12.9 Å². The van der Waals surface area contributed by atoms with Gasteiger partial charge >= 0.3 is 6.18 Å². The zero-order valence-corrected chi connectivity index (χ0v) is 13.2. The lowest BCUT2D eigenvalue weighted by Gasteiger charge is -2.19. The lowest BCUT2D eigenvalue weighted by atomic mass is 9.87. The molecule has 1 heterocycles. The molecule has 2 aromatic carbocycles. The van der Waals surface area contributed by atoms with E-state index in [0.29, 0.717) is 16.7 Å². The van der Waals surface area contributed by atoms with Crippen molar-refractivity contribution in [2.75, 3.05) is 0 Å². The molecule has 1 nitrogen and oxygen atoms in total. The van der Waals surface area contributed by atoms with Crippen molar-refractivity contribution in [3.05, 3.63) is 88.4 Å². The Morgan fingerprint density at radius 1 is 0.960 bits per heavy atom. The van der Waals surface area contributed by atoms with Gasteiger partial charge in [-0.15, -0.1) is 0 Å². The summed E-state index contributed by atoms with van der Waals surface area (Å²) in [6, 6.07) is 14.0. The highest BCUT2D eigenvalue weighted by molar-refractivity contribution is 5.79. The maximum Gasteiger partial charge on any atom is 0.416 e. The summed E-state index contributed by atoms with van der Waals surface area (Å²) in [4.78, 5) is 4.35. The molecule has 0 N–H and O–H groups in total. The fourth-order valence-corrected chi connectivity index (χ4v) is 3.55. The van der Waals surface area contributed by atoms with Crippen molar-refractivity contribution in [2.45, 2.75) is 19.0 Å². The Balaban J connectivity index is 2.09. The first-order valence-corrected chi connectivity index (χ1v) is 7.80. The molecule has 0 spiro atoms. The molecule has 0 fully saturated rings. The van der Waals surface area contributed by atoms with E-state index >= 15 is 0 Å². The second-order valence-electron chi connectivity index (χ2n) is 6.15. The van der Waals surface area contributed by atoms with Gasteiger partial charge in [0.2, 0.25) is 0 Å². The van der Waals surface area contributed by atoms with E-state index < -0.39 is 23.5 Å². The highest BCUT2D eigenvalue weighted by Crippen LogP contribution is 2.51. The number of rotatable bonds is 1. The fraction of sp³-hybridized carbons (Fsp3) is 0.150. The number of nitrogens with zero attached hydrogens (tertiary/aromatic N) is 1. The van der Waals surface area contributed by atoms with Crippen molar-refractivity contribution in [1.29, 1.82) is 0 Å². The molecule has 3 aromatic rings. The first kappa shape index (κ1) is 15.8. The smallest absolute Gasteiger partial charge is 0.253 e. The highest BCUT2D eigenvalue weighted by atomic mass is 19.4. The molecular weight excluding hydrogens is 330 g/mol. The van der Waals surface area contributed by atoms with E-state index in [4.69, 9.17) is 0 Å². The molecule has 0 saturated carbocycles. The largest absolute Gasteiger partial charge is 0.416 e. The van der Waals surface area contributed by atoms with Crippen molar-refractivity contribution in [1.82, 2.24) is 4.98 Å². The molecule has 1 aromatic heterocycles. The average molecular weight is 343 g/mol. The normalized spacial score (nSPS) is 15.8. The van der Waals surface area contributed by atoms with Crippen LogP contribution < -0.4 is 0 Å². The van der Waals surface area contributed by atoms with E-state index in [1.165, 1.54) is 25.1 Å². The van der Waals surface area contributed by atoms with E-state index in [2.05, 4.69) is 4.98 Å². The molecule has 0 saturated heterocycles. The van der Waals surface area contributed by atoms with Crippen LogP contribution in [0.2, 0.25) is 0 Å². The van der Waals surface area contributed by atoms with Crippen molar-refractivity contribution in [3.8, 4) is 11.3 Å². The van der Waals surface area contributed by atoms with Gasteiger partial charge in [0.05, 0.1) is 11.3 Å². The lowest BCUT2D eigenvalue weighted by molar-refractivity contribution is -0.138. The zero-order valence-electron chi connectivity index (χ0n) is 13.2. The molecule has 126 valence electrons. The summed E-state index contributed by atoms with van der Waals surface area (Å²) in [5.41, 5.74) is 1.73. The predicted octanol–water partition coefficient (Wildman–Crippen LogP) is 5.71. The minimum absolute atomic E-state index is 0.102. The van der Waals surface area contributed by atoms with Crippen LogP contribution >= 0.6 is 0 Å². The van der Waals surface area contributed by atoms with Crippen LogP contribution in [-0.4, -0.2) is 4.98 Å². The number of halogens is 4. The Bertz CT molecular complexity index is 961. The van der Waals surface area contributed by atoms with Crippen LogP contribution in [0.3, 0.4) is 0 Å². The number of benzene rings is 2. The lowest BCUT2D eigenvalue weighted by Crippen LogP contribution is -2.13. The maximum atomic E-state index is 13.8. The van der Waals surface area contributed by atoms with Gasteiger partial charge in [0, 0.05) is 22.7 Å². The highest BCUT2D eigenvalue weighted by Gasteiger charge is 2.42. The minimum atomic E-state index is -4.51. The first-order valence-electron chi connectivity index (χ1n) is 7.80. The van der Waals surface area contributed by atoms with E-state index in [1.54, 1.807) is 30.3 Å². The average Bonchev–Trinajstić information content (AvgIpc) is 2.87. The summed E-state index contributed by atoms with van der Waals surface area (Å²) in [6.07, 6.45) is -4.51. The quantitative estimate of drug-likeness (QED) is 0.404. The molecule has 1 unspecified atom stereocenters. The summed E-state index contributed by atoms with van der Waals surface area (Å²) < 4.78 is 55.0. The predicted molar refractivity (Wildman–Crippen MR) is 86.8 cm³/mol. The number of alkyl halides is 3. The fourth-order valence-electron chi connectivity index (χ4n) is 3.55. The van der Waals surface area contributed by atoms with Gasteiger partial charge in [0.25, 0.3) is 0 Å². The van der Waals surface area contributed by atoms with Crippen molar-refractivity contribution >= 4 is 0 Å². The Hall–Kier alpha value is -2.69. The number of aryl methyl sites for hydroxylation is 1. The minimum Gasteiger partial charge on any atom is -0.253 e. The second-order valence-corrected chi connectivity index (χ2v) is 6.15. The Labute approximate surface area is 142 Å². The van der Waals surface area contributed by atoms with Crippen LogP contribution in [0, 0.1) is 12.7 Å². The molecule has 0 bridgehead atoms. The summed E-state index contributed by atoms with van der Waals surface area (Å²) in [5, 5.41) is 0. The second kappa shape index (κ2) is 5.41. The van der Waals surface area contributed by atoms with Crippen LogP contribution in [0.1, 0.15) is 33.9 Å². The summed E-state index contributed by atoms with van der Waals surface area (Å²) >= 11 is 0. The number of hydrogen-bond donors (Lipinski definition) is 0. The summed E-state index contributed by atoms with van der Waals surface area (Å²) in [6.45, 7) is 1.54. The van der Waals surface area contributed by atoms with E-state index in [9.17, 15) is 17.6 Å². The van der Waals surface area contributed by atoms with Crippen LogP contribution in [0.5, 0.6) is 0 Å². The van der Waals surface area contributed by atoms with Crippen LogP contribution in [0.25, 0.3) is 11.3 Å². The molecule has 5 heteroatoms. The van der Waals surface area contributed by atoms with Crippen LogP contribution in [0.15, 0.2) is 54.6 Å². The molecule has 4 rings (SSSR count). The van der Waals surface area contributed by atoms with Gasteiger partial charge in [-0.1, -0.05) is 30.3 Å². The molecule has 0 radical (unpaired) electrons. The third kappa shape index (κ3) is 2.51. The van der Waals surface area contributed by atoms with Crippen molar-refractivity contribution in [2.24, 2.45) is 0 Å². The number of hydrogen-bond acceptors (Lipinski definition) is 1. The zero-order chi connectivity index (χ0) is 17.8. The SMILES string of the molecule is Cc1cc(C(F)(F)F)c2c(n1)-c1ccc(F)cc1C2c1ccccc1. The van der Waals surface area contributed by atoms with Gasteiger partial charge < -0.3 is 0 Å². The summed E-state index contributed by atoms with van der Waals surface area (Å²) in [7, 11) is 0. The number of fused-ring (bicyclic) bond motifs is 3. The molecule has 1 atom stereocenters. The molecule has 1 aliphatic carbocycles. The van der Waals surface area contributed by atoms with Gasteiger partial charge in [-0.3, -0.25) is 4.98 Å². The van der Waals surface area contributed by atoms with E-state index in [-0.39, 0.29) is 17.0 Å². The van der Waals surface area contributed by atoms with Gasteiger partial charge in [0.15, 0.2) is 0 Å². The van der Waals surface area contributed by atoms with Crippen molar-refractivity contribution < 1.29 is 17.6 Å². The maximum absolute atomic E-state index is 13.8. The van der Waals surface area contributed by atoms with Gasteiger partial charge in [-0.2, -0.15) is 13.2 Å². The van der Waals surface area contributed by atoms with Gasteiger partial charge in [-0.25, -0.2) is 4.39 Å². The standard InChI is InChI=1S/C20H13F4N/c1-11-9-16(20(22,23)24)18-17(12-5-3-2-4-6-12)15-10-13(21)7-8-14(15)19(18)25-11/h2-10,17H,1H3. The Kier molecular flexibility index (Phi) is 3.42. The first-order chi connectivity index (χ1) is 11.9. The van der Waals surface area contributed by atoms with Crippen molar-refractivity contribution in [3.63, 3.8) is 0 Å². The van der Waals surface area contributed by atoms with Gasteiger partial charge in [-0.05, 0) is 42.3 Å². The number of aromatic nitrogens is 1. The van der Waals surface area contributed by atoms with Gasteiger partial charge in [0.1, 0.15) is 5.82 Å². The molecular formula is C20H13F4N. The van der Waals surface area contributed by atoms with Crippen LogP contribution in [-0.2, 0) is 6.18 Å². The molecule has 25 heavy (non-hydrogen) atoms. The Morgan fingerprint density at radius 3 is 2.36 bits per heavy atom. The van der Waals surface area contributed by atoms with Crippen LogP contribution in [0.4, 0.5) is 17.6 Å². The molecule has 1 aliphatic rings. The molecule has 0 amide bonds. The monoisotopic (exact) mass is 343 g/mol. The summed E-state index contributed by atoms with van der Waals surface area (Å²) in [5.74, 6) is -1.16. The van der Waals surface area contributed by atoms with E-state index in [1.807, 2.05) is 0 Å². The van der Waals surface area contributed by atoms with E-state index in [0.717, 1.165) is 6.07 Å². The molecule has 0 aliphatic heterocycles. The Morgan fingerprint density at radius 2 is 1.68 bits per heavy atom. The number of pyridine rings is 1.